The molecule has 0 N–H and O–H groups in total. The zero-order chi connectivity index (χ0) is 18.2. The van der Waals surface area contributed by atoms with Crippen molar-refractivity contribution in [2.45, 2.75) is 18.7 Å². The number of sulfone groups is 1. The van der Waals surface area contributed by atoms with Crippen LogP contribution in [0.5, 0.6) is 0 Å². The van der Waals surface area contributed by atoms with Crippen molar-refractivity contribution in [1.29, 1.82) is 0 Å². The van der Waals surface area contributed by atoms with Crippen LogP contribution in [0.4, 0.5) is 0 Å². The SMILES string of the molecule is Cc1ccc(S(=O)(=O)/C(Br)=C/c2cc3cccc(C)c3nc2Cl)cc1. The lowest BCUT2D eigenvalue weighted by atomic mass is 10.1. The maximum absolute atomic E-state index is 12.7. The summed E-state index contributed by atoms with van der Waals surface area (Å²) in [5.74, 6) is 0. The summed E-state index contributed by atoms with van der Waals surface area (Å²) in [5.41, 5.74) is 3.36. The van der Waals surface area contributed by atoms with E-state index in [9.17, 15) is 8.42 Å². The van der Waals surface area contributed by atoms with Gasteiger partial charge in [-0.3, -0.25) is 0 Å². The number of hydrogen-bond acceptors (Lipinski definition) is 3. The fourth-order valence-electron chi connectivity index (χ4n) is 2.47. The predicted molar refractivity (Wildman–Crippen MR) is 107 cm³/mol. The number of aromatic nitrogens is 1. The van der Waals surface area contributed by atoms with E-state index in [4.69, 9.17) is 11.6 Å². The number of benzene rings is 2. The second kappa shape index (κ2) is 6.90. The Labute approximate surface area is 160 Å². The van der Waals surface area contributed by atoms with E-state index < -0.39 is 9.84 Å². The molecule has 3 rings (SSSR count). The van der Waals surface area contributed by atoms with Crippen molar-refractivity contribution in [2.75, 3.05) is 0 Å². The summed E-state index contributed by atoms with van der Waals surface area (Å²) in [5, 5.41) is 1.17. The third-order valence-electron chi connectivity index (χ3n) is 3.89. The highest BCUT2D eigenvalue weighted by atomic mass is 79.9. The van der Waals surface area contributed by atoms with E-state index in [1.165, 1.54) is 6.08 Å². The van der Waals surface area contributed by atoms with Crippen LogP contribution in [-0.2, 0) is 9.84 Å². The molecule has 0 bridgehead atoms. The van der Waals surface area contributed by atoms with Crippen molar-refractivity contribution in [3.8, 4) is 0 Å². The van der Waals surface area contributed by atoms with Gasteiger partial charge < -0.3 is 0 Å². The highest BCUT2D eigenvalue weighted by Crippen LogP contribution is 2.30. The Hall–Kier alpha value is -1.69. The second-order valence-corrected chi connectivity index (χ2v) is 9.44. The number of rotatable bonds is 3. The maximum atomic E-state index is 12.7. The molecule has 0 aliphatic carbocycles. The van der Waals surface area contributed by atoms with Crippen molar-refractivity contribution in [3.63, 3.8) is 0 Å². The van der Waals surface area contributed by atoms with Crippen LogP contribution in [0.15, 0.2) is 57.2 Å². The van der Waals surface area contributed by atoms with E-state index >= 15 is 0 Å². The minimum absolute atomic E-state index is 0.0413. The number of fused-ring (bicyclic) bond motifs is 1. The highest BCUT2D eigenvalue weighted by Gasteiger charge is 2.19. The second-order valence-electron chi connectivity index (χ2n) is 5.78. The molecule has 0 spiro atoms. The first kappa shape index (κ1) is 18.1. The van der Waals surface area contributed by atoms with E-state index in [1.54, 1.807) is 24.3 Å². The topological polar surface area (TPSA) is 47.0 Å². The molecule has 3 aromatic rings. The molecule has 0 aliphatic rings. The first-order chi connectivity index (χ1) is 11.8. The molecular weight excluding hydrogens is 422 g/mol. The fourth-order valence-corrected chi connectivity index (χ4v) is 4.47. The summed E-state index contributed by atoms with van der Waals surface area (Å²) in [6.45, 7) is 3.86. The number of pyridine rings is 1. The Morgan fingerprint density at radius 2 is 1.80 bits per heavy atom. The van der Waals surface area contributed by atoms with Crippen molar-refractivity contribution in [1.82, 2.24) is 4.98 Å². The Morgan fingerprint density at radius 3 is 2.48 bits per heavy atom. The molecule has 0 atom stereocenters. The summed E-state index contributed by atoms with van der Waals surface area (Å²) < 4.78 is 25.4. The number of hydrogen-bond donors (Lipinski definition) is 0. The Bertz CT molecular complexity index is 1090. The van der Waals surface area contributed by atoms with E-state index in [-0.39, 0.29) is 13.9 Å². The van der Waals surface area contributed by atoms with Crippen molar-refractivity contribution >= 4 is 54.3 Å². The normalized spacial score (nSPS) is 12.6. The molecule has 0 amide bonds. The van der Waals surface area contributed by atoms with Crippen molar-refractivity contribution in [3.05, 3.63) is 74.2 Å². The van der Waals surface area contributed by atoms with Gasteiger partial charge in [0.1, 0.15) is 8.97 Å². The summed E-state index contributed by atoms with van der Waals surface area (Å²) in [6.07, 6.45) is 1.49. The summed E-state index contributed by atoms with van der Waals surface area (Å²) in [7, 11) is -3.64. The van der Waals surface area contributed by atoms with Crippen molar-refractivity contribution in [2.24, 2.45) is 0 Å². The fraction of sp³-hybridized carbons (Fsp3) is 0.105. The minimum Gasteiger partial charge on any atom is -0.235 e. The monoisotopic (exact) mass is 435 g/mol. The lowest BCUT2D eigenvalue weighted by Gasteiger charge is -2.07. The van der Waals surface area contributed by atoms with Gasteiger partial charge in [0.05, 0.1) is 10.4 Å². The standard InChI is InChI=1S/C19H15BrClNO2S/c1-12-6-8-16(9-7-12)25(23,24)17(20)11-15-10-14-5-3-4-13(2)18(14)22-19(15)21/h3-11H,1-2H3/b17-11+. The Balaban J connectivity index is 2.09. The molecule has 0 unspecified atom stereocenters. The molecule has 1 aromatic heterocycles. The van der Waals surface area contributed by atoms with Gasteiger partial charge in [0.15, 0.2) is 0 Å². The average Bonchev–Trinajstić information content (AvgIpc) is 2.57. The van der Waals surface area contributed by atoms with Gasteiger partial charge in [-0.2, -0.15) is 0 Å². The summed E-state index contributed by atoms with van der Waals surface area (Å²) in [6, 6.07) is 14.3. The molecule has 2 aromatic carbocycles. The molecule has 0 saturated heterocycles. The average molecular weight is 437 g/mol. The molecule has 0 fully saturated rings. The zero-order valence-corrected chi connectivity index (χ0v) is 16.8. The van der Waals surface area contributed by atoms with Gasteiger partial charge in [0, 0.05) is 10.9 Å². The van der Waals surface area contributed by atoms with Gasteiger partial charge in [0.25, 0.3) is 0 Å². The van der Waals surface area contributed by atoms with Crippen LogP contribution < -0.4 is 0 Å². The van der Waals surface area contributed by atoms with Crippen LogP contribution in [-0.4, -0.2) is 13.4 Å². The van der Waals surface area contributed by atoms with E-state index in [0.717, 1.165) is 22.0 Å². The van der Waals surface area contributed by atoms with E-state index in [0.29, 0.717) is 5.56 Å². The lowest BCUT2D eigenvalue weighted by Crippen LogP contribution is -2.00. The number of nitrogens with zero attached hydrogens (tertiary/aromatic N) is 1. The summed E-state index contributed by atoms with van der Waals surface area (Å²) >= 11 is 9.46. The molecule has 25 heavy (non-hydrogen) atoms. The summed E-state index contributed by atoms with van der Waals surface area (Å²) in [4.78, 5) is 4.62. The van der Waals surface area contributed by atoms with Gasteiger partial charge >= 0.3 is 0 Å². The van der Waals surface area contributed by atoms with Gasteiger partial charge in [-0.15, -0.1) is 0 Å². The maximum Gasteiger partial charge on any atom is 0.213 e. The first-order valence-electron chi connectivity index (χ1n) is 7.54. The van der Waals surface area contributed by atoms with Crippen molar-refractivity contribution < 1.29 is 8.42 Å². The number of aryl methyl sites for hydroxylation is 2. The van der Waals surface area contributed by atoms with Gasteiger partial charge in [-0.25, -0.2) is 13.4 Å². The molecule has 6 heteroatoms. The molecule has 0 saturated carbocycles. The number of para-hydroxylation sites is 1. The van der Waals surface area contributed by atoms with E-state index in [2.05, 4.69) is 20.9 Å². The molecule has 0 aliphatic heterocycles. The highest BCUT2D eigenvalue weighted by molar-refractivity contribution is 9.13. The minimum atomic E-state index is -3.64. The number of halogens is 2. The molecule has 1 heterocycles. The van der Waals surface area contributed by atoms with E-state index in [1.807, 2.05) is 38.1 Å². The third kappa shape index (κ3) is 3.64. The largest absolute Gasteiger partial charge is 0.235 e. The first-order valence-corrected chi connectivity index (χ1v) is 10.2. The zero-order valence-electron chi connectivity index (χ0n) is 13.6. The van der Waals surface area contributed by atoms with Crippen LogP contribution in [0.1, 0.15) is 16.7 Å². The van der Waals surface area contributed by atoms with Gasteiger partial charge in [0.2, 0.25) is 9.84 Å². The quantitative estimate of drug-likeness (QED) is 0.497. The van der Waals surface area contributed by atoms with Crippen LogP contribution in [0.25, 0.3) is 17.0 Å². The lowest BCUT2D eigenvalue weighted by molar-refractivity contribution is 0.604. The molecule has 128 valence electrons. The molecular formula is C19H15BrClNO2S. The van der Waals surface area contributed by atoms with Crippen LogP contribution in [0.3, 0.4) is 0 Å². The van der Waals surface area contributed by atoms with Gasteiger partial charge in [-0.1, -0.05) is 47.5 Å². The Kier molecular flexibility index (Phi) is 5.00. The van der Waals surface area contributed by atoms with Crippen LogP contribution >= 0.6 is 27.5 Å². The predicted octanol–water partition coefficient (Wildman–Crippen LogP) is 5.67. The van der Waals surface area contributed by atoms with Gasteiger partial charge in [-0.05, 0) is 59.6 Å². The Morgan fingerprint density at radius 1 is 1.12 bits per heavy atom. The third-order valence-corrected chi connectivity index (χ3v) is 7.22. The molecule has 0 radical (unpaired) electrons. The van der Waals surface area contributed by atoms with Crippen LogP contribution in [0, 0.1) is 13.8 Å². The van der Waals surface area contributed by atoms with Crippen LogP contribution in [0.2, 0.25) is 5.15 Å². The smallest absolute Gasteiger partial charge is 0.213 e. The molecule has 3 nitrogen and oxygen atoms in total.